The lowest BCUT2D eigenvalue weighted by molar-refractivity contribution is 0.207. The summed E-state index contributed by atoms with van der Waals surface area (Å²) < 4.78 is 5.84. The van der Waals surface area contributed by atoms with Crippen LogP contribution in [0.3, 0.4) is 0 Å². The summed E-state index contributed by atoms with van der Waals surface area (Å²) in [5, 5.41) is 3.12. The van der Waals surface area contributed by atoms with Gasteiger partial charge >= 0.3 is 0 Å². The van der Waals surface area contributed by atoms with Gasteiger partial charge in [-0.3, -0.25) is 4.98 Å². The predicted molar refractivity (Wildman–Crippen MR) is 62.0 cm³/mol. The van der Waals surface area contributed by atoms with Crippen molar-refractivity contribution in [1.29, 1.82) is 0 Å². The number of nitrogens with zero attached hydrogens (tertiary/aromatic N) is 1. The fourth-order valence-corrected chi connectivity index (χ4v) is 1.53. The Kier molecular flexibility index (Phi) is 5.12. The van der Waals surface area contributed by atoms with Crippen LogP contribution in [0.2, 0.25) is 0 Å². The van der Waals surface area contributed by atoms with Gasteiger partial charge in [-0.1, -0.05) is 13.3 Å². The Morgan fingerprint density at radius 2 is 2.33 bits per heavy atom. The molecule has 1 aromatic heterocycles. The number of rotatable bonds is 6. The van der Waals surface area contributed by atoms with Gasteiger partial charge in [0.15, 0.2) is 0 Å². The van der Waals surface area contributed by atoms with Crippen molar-refractivity contribution in [3.8, 4) is 5.75 Å². The summed E-state index contributed by atoms with van der Waals surface area (Å²) in [6.45, 7) is 5.08. The maximum absolute atomic E-state index is 5.84. The van der Waals surface area contributed by atoms with Crippen LogP contribution in [0.1, 0.15) is 32.3 Å². The van der Waals surface area contributed by atoms with Crippen LogP contribution in [0.5, 0.6) is 5.75 Å². The summed E-state index contributed by atoms with van der Waals surface area (Å²) in [5.41, 5.74) is 1.16. The van der Waals surface area contributed by atoms with E-state index < -0.39 is 0 Å². The number of aromatic nitrogens is 1. The van der Waals surface area contributed by atoms with Gasteiger partial charge in [0.2, 0.25) is 0 Å². The molecule has 15 heavy (non-hydrogen) atoms. The van der Waals surface area contributed by atoms with Gasteiger partial charge in [0.1, 0.15) is 5.75 Å². The molecule has 0 saturated heterocycles. The molecule has 0 radical (unpaired) electrons. The fourth-order valence-electron chi connectivity index (χ4n) is 1.53. The van der Waals surface area contributed by atoms with E-state index in [2.05, 4.69) is 24.1 Å². The molecule has 0 aliphatic rings. The molecule has 0 aliphatic heterocycles. The van der Waals surface area contributed by atoms with E-state index in [9.17, 15) is 0 Å². The molecule has 1 rings (SSSR count). The third kappa shape index (κ3) is 3.88. The Hall–Kier alpha value is -1.09. The van der Waals surface area contributed by atoms with Gasteiger partial charge in [0, 0.05) is 18.3 Å². The summed E-state index contributed by atoms with van der Waals surface area (Å²) in [4.78, 5) is 4.09. The van der Waals surface area contributed by atoms with Crippen molar-refractivity contribution >= 4 is 0 Å². The first-order valence-electron chi connectivity index (χ1n) is 5.52. The zero-order chi connectivity index (χ0) is 11.1. The van der Waals surface area contributed by atoms with Crippen LogP contribution in [-0.2, 0) is 6.54 Å². The van der Waals surface area contributed by atoms with E-state index in [1.165, 1.54) is 0 Å². The van der Waals surface area contributed by atoms with Crippen molar-refractivity contribution in [1.82, 2.24) is 10.3 Å². The maximum atomic E-state index is 5.84. The Labute approximate surface area is 91.9 Å². The van der Waals surface area contributed by atoms with Crippen LogP contribution in [-0.4, -0.2) is 18.1 Å². The van der Waals surface area contributed by atoms with Gasteiger partial charge in [0.05, 0.1) is 12.3 Å². The molecule has 1 heterocycles. The second-order valence-electron chi connectivity index (χ2n) is 3.73. The van der Waals surface area contributed by atoms with Gasteiger partial charge in [-0.05, 0) is 26.5 Å². The second kappa shape index (κ2) is 6.40. The highest BCUT2D eigenvalue weighted by Crippen LogP contribution is 2.18. The lowest BCUT2D eigenvalue weighted by atomic mass is 10.2. The molecule has 0 amide bonds. The summed E-state index contributed by atoms with van der Waals surface area (Å²) in [6, 6.07) is 1.99. The minimum Gasteiger partial charge on any atom is -0.489 e. The lowest BCUT2D eigenvalue weighted by Crippen LogP contribution is -2.14. The second-order valence-corrected chi connectivity index (χ2v) is 3.73. The minimum atomic E-state index is 0.259. The Morgan fingerprint density at radius 1 is 1.53 bits per heavy atom. The predicted octanol–water partition coefficient (Wildman–Crippen LogP) is 2.37. The van der Waals surface area contributed by atoms with Crippen molar-refractivity contribution < 1.29 is 4.74 Å². The van der Waals surface area contributed by atoms with Gasteiger partial charge in [-0.15, -0.1) is 0 Å². The van der Waals surface area contributed by atoms with Crippen molar-refractivity contribution in [3.05, 3.63) is 24.0 Å². The van der Waals surface area contributed by atoms with E-state index in [1.54, 1.807) is 12.4 Å². The van der Waals surface area contributed by atoms with E-state index in [0.29, 0.717) is 0 Å². The molecule has 1 N–H and O–H groups in total. The van der Waals surface area contributed by atoms with Crippen LogP contribution in [0.25, 0.3) is 0 Å². The zero-order valence-electron chi connectivity index (χ0n) is 9.79. The van der Waals surface area contributed by atoms with Gasteiger partial charge in [-0.25, -0.2) is 0 Å². The standard InChI is InChI=1S/C12H20N2O/c1-4-5-10(2)15-12-9-14-7-6-11(12)8-13-3/h6-7,9-10,13H,4-5,8H2,1-3H3. The number of hydrogen-bond donors (Lipinski definition) is 1. The van der Waals surface area contributed by atoms with Gasteiger partial charge in [-0.2, -0.15) is 0 Å². The van der Waals surface area contributed by atoms with Crippen molar-refractivity contribution in [2.24, 2.45) is 0 Å². The molecule has 3 nitrogen and oxygen atoms in total. The molecule has 0 fully saturated rings. The first-order valence-corrected chi connectivity index (χ1v) is 5.52. The SMILES string of the molecule is CCCC(C)Oc1cnccc1CNC. The van der Waals surface area contributed by atoms with Crippen molar-refractivity contribution in [2.45, 2.75) is 39.3 Å². The summed E-state index contributed by atoms with van der Waals surface area (Å²) in [6.07, 6.45) is 6.06. The first-order chi connectivity index (χ1) is 7.27. The molecule has 0 saturated carbocycles. The highest BCUT2D eigenvalue weighted by atomic mass is 16.5. The third-order valence-corrected chi connectivity index (χ3v) is 2.26. The first kappa shape index (κ1) is 12.0. The summed E-state index contributed by atoms with van der Waals surface area (Å²) >= 11 is 0. The molecule has 1 unspecified atom stereocenters. The van der Waals surface area contributed by atoms with E-state index in [1.807, 2.05) is 13.1 Å². The average Bonchev–Trinajstić information content (AvgIpc) is 2.21. The van der Waals surface area contributed by atoms with Crippen LogP contribution in [0, 0.1) is 0 Å². The van der Waals surface area contributed by atoms with Gasteiger partial charge < -0.3 is 10.1 Å². The molecule has 0 spiro atoms. The molecule has 0 aliphatic carbocycles. The molecule has 3 heteroatoms. The topological polar surface area (TPSA) is 34.1 Å². The number of hydrogen-bond acceptors (Lipinski definition) is 3. The Morgan fingerprint density at radius 3 is 3.00 bits per heavy atom. The average molecular weight is 208 g/mol. The van der Waals surface area contributed by atoms with E-state index >= 15 is 0 Å². The zero-order valence-corrected chi connectivity index (χ0v) is 9.79. The van der Waals surface area contributed by atoms with Crippen LogP contribution >= 0.6 is 0 Å². The monoisotopic (exact) mass is 208 g/mol. The quantitative estimate of drug-likeness (QED) is 0.779. The third-order valence-electron chi connectivity index (χ3n) is 2.26. The van der Waals surface area contributed by atoms with Crippen molar-refractivity contribution in [2.75, 3.05) is 7.05 Å². The van der Waals surface area contributed by atoms with Crippen LogP contribution in [0.15, 0.2) is 18.5 Å². The maximum Gasteiger partial charge on any atom is 0.142 e. The van der Waals surface area contributed by atoms with Crippen LogP contribution in [0.4, 0.5) is 0 Å². The fraction of sp³-hybridized carbons (Fsp3) is 0.583. The number of pyridine rings is 1. The van der Waals surface area contributed by atoms with E-state index in [4.69, 9.17) is 4.74 Å². The molecule has 1 atom stereocenters. The van der Waals surface area contributed by atoms with Crippen LogP contribution < -0.4 is 10.1 Å². The molecular formula is C12H20N2O. The molecule has 0 aromatic carbocycles. The summed E-state index contributed by atoms with van der Waals surface area (Å²) in [5.74, 6) is 0.896. The highest BCUT2D eigenvalue weighted by Gasteiger charge is 2.06. The van der Waals surface area contributed by atoms with E-state index in [-0.39, 0.29) is 6.10 Å². The lowest BCUT2D eigenvalue weighted by Gasteiger charge is -2.16. The Balaban J connectivity index is 2.66. The highest BCUT2D eigenvalue weighted by molar-refractivity contribution is 5.29. The Bertz CT molecular complexity index is 289. The molecule has 0 bridgehead atoms. The number of ether oxygens (including phenoxy) is 1. The molecular weight excluding hydrogens is 188 g/mol. The minimum absolute atomic E-state index is 0.259. The van der Waals surface area contributed by atoms with Crippen molar-refractivity contribution in [3.63, 3.8) is 0 Å². The summed E-state index contributed by atoms with van der Waals surface area (Å²) in [7, 11) is 1.93. The van der Waals surface area contributed by atoms with E-state index in [0.717, 1.165) is 30.7 Å². The largest absolute Gasteiger partial charge is 0.489 e. The molecule has 84 valence electrons. The number of nitrogens with one attached hydrogen (secondary N) is 1. The van der Waals surface area contributed by atoms with Gasteiger partial charge in [0.25, 0.3) is 0 Å². The normalized spacial score (nSPS) is 12.5. The smallest absolute Gasteiger partial charge is 0.142 e. The molecule has 1 aromatic rings.